The summed E-state index contributed by atoms with van der Waals surface area (Å²) in [6.45, 7) is 6.01. The van der Waals surface area contributed by atoms with Crippen molar-refractivity contribution in [3.8, 4) is 23.2 Å². The van der Waals surface area contributed by atoms with Crippen molar-refractivity contribution >= 4 is 16.8 Å². The van der Waals surface area contributed by atoms with E-state index in [0.29, 0.717) is 40.2 Å². The molecule has 4 aromatic heterocycles. The maximum absolute atomic E-state index is 11.8. The van der Waals surface area contributed by atoms with E-state index in [1.165, 1.54) is 6.26 Å². The summed E-state index contributed by atoms with van der Waals surface area (Å²) in [6.07, 6.45) is 4.71. The Hall–Kier alpha value is -3.62. The number of pyridine rings is 1. The Morgan fingerprint density at radius 1 is 1.37 bits per heavy atom. The van der Waals surface area contributed by atoms with E-state index in [1.807, 2.05) is 13.8 Å². The van der Waals surface area contributed by atoms with E-state index >= 15 is 0 Å². The highest BCUT2D eigenvalue weighted by Crippen LogP contribution is 2.33. The molecule has 3 N–H and O–H groups in total. The first kappa shape index (κ1) is 16.8. The Morgan fingerprint density at radius 2 is 2.15 bits per heavy atom. The number of hydrogen-bond donors (Lipinski definition) is 2. The van der Waals surface area contributed by atoms with Crippen molar-refractivity contribution in [1.29, 1.82) is 0 Å². The quantitative estimate of drug-likeness (QED) is 0.571. The largest absolute Gasteiger partial charge is 0.504 e. The molecular formula is C18H18N6O3. The molecule has 0 spiro atoms. The van der Waals surface area contributed by atoms with Crippen LogP contribution < -0.4 is 5.73 Å². The van der Waals surface area contributed by atoms with Crippen molar-refractivity contribution in [2.75, 3.05) is 0 Å². The maximum Gasteiger partial charge on any atom is 0.250 e. The molecule has 138 valence electrons. The first-order valence-electron chi connectivity index (χ1n) is 8.40. The zero-order chi connectivity index (χ0) is 19.3. The van der Waals surface area contributed by atoms with Gasteiger partial charge < -0.3 is 15.3 Å². The summed E-state index contributed by atoms with van der Waals surface area (Å²) in [4.78, 5) is 20.6. The lowest BCUT2D eigenvalue weighted by atomic mass is 10.2. The summed E-state index contributed by atoms with van der Waals surface area (Å²) in [7, 11) is 0. The van der Waals surface area contributed by atoms with Crippen molar-refractivity contribution in [2.24, 2.45) is 5.73 Å². The van der Waals surface area contributed by atoms with Gasteiger partial charge in [0.25, 0.3) is 11.8 Å². The van der Waals surface area contributed by atoms with Crippen molar-refractivity contribution in [3.05, 3.63) is 41.7 Å². The van der Waals surface area contributed by atoms with Crippen LogP contribution in [0.1, 0.15) is 28.7 Å². The summed E-state index contributed by atoms with van der Waals surface area (Å²) >= 11 is 0. The number of aryl methyl sites for hydroxylation is 3. The van der Waals surface area contributed by atoms with Gasteiger partial charge in [0, 0.05) is 23.8 Å². The maximum atomic E-state index is 11.8. The molecule has 9 heteroatoms. The van der Waals surface area contributed by atoms with Gasteiger partial charge in [-0.3, -0.25) is 19.0 Å². The molecule has 4 rings (SSSR count). The van der Waals surface area contributed by atoms with E-state index in [2.05, 4.69) is 15.1 Å². The Morgan fingerprint density at radius 3 is 2.85 bits per heavy atom. The van der Waals surface area contributed by atoms with Gasteiger partial charge in [-0.25, -0.2) is 0 Å². The molecule has 4 aromatic rings. The zero-order valence-electron chi connectivity index (χ0n) is 15.1. The molecular weight excluding hydrogens is 348 g/mol. The van der Waals surface area contributed by atoms with Gasteiger partial charge in [-0.05, 0) is 26.8 Å². The molecule has 0 aliphatic rings. The molecule has 0 aromatic carbocycles. The van der Waals surface area contributed by atoms with Crippen molar-refractivity contribution < 1.29 is 14.3 Å². The number of oxazole rings is 1. The van der Waals surface area contributed by atoms with Gasteiger partial charge in [0.1, 0.15) is 12.0 Å². The third-order valence-electron chi connectivity index (χ3n) is 4.43. The molecule has 1 amide bonds. The highest BCUT2D eigenvalue weighted by molar-refractivity contribution is 6.06. The summed E-state index contributed by atoms with van der Waals surface area (Å²) in [5.74, 6) is 0.157. The third-order valence-corrected chi connectivity index (χ3v) is 4.43. The van der Waals surface area contributed by atoms with Gasteiger partial charge in [0.2, 0.25) is 0 Å². The molecule has 0 aliphatic heterocycles. The Labute approximate surface area is 154 Å². The van der Waals surface area contributed by atoms with E-state index in [1.54, 1.807) is 34.6 Å². The van der Waals surface area contributed by atoms with Crippen LogP contribution in [0.2, 0.25) is 0 Å². The Bertz CT molecular complexity index is 1180. The van der Waals surface area contributed by atoms with Crippen LogP contribution in [0, 0.1) is 13.8 Å². The van der Waals surface area contributed by atoms with Crippen molar-refractivity contribution in [2.45, 2.75) is 27.3 Å². The van der Waals surface area contributed by atoms with Gasteiger partial charge >= 0.3 is 0 Å². The van der Waals surface area contributed by atoms with Crippen LogP contribution in [-0.2, 0) is 6.54 Å². The number of nitrogens with zero attached hydrogens (tertiary/aromatic N) is 5. The highest BCUT2D eigenvalue weighted by Gasteiger charge is 2.22. The smallest absolute Gasteiger partial charge is 0.250 e. The van der Waals surface area contributed by atoms with E-state index in [0.717, 1.165) is 5.69 Å². The second kappa shape index (κ2) is 5.97. The number of aromatic nitrogens is 5. The highest BCUT2D eigenvalue weighted by atomic mass is 16.3. The normalized spacial score (nSPS) is 11.4. The average molecular weight is 366 g/mol. The van der Waals surface area contributed by atoms with Gasteiger partial charge in [-0.1, -0.05) is 0 Å². The van der Waals surface area contributed by atoms with Crippen LogP contribution in [0.25, 0.3) is 28.3 Å². The lowest BCUT2D eigenvalue weighted by molar-refractivity contribution is 0.100. The second-order valence-electron chi connectivity index (χ2n) is 6.23. The average Bonchev–Trinajstić information content (AvgIpc) is 3.31. The third kappa shape index (κ3) is 2.55. The number of rotatable bonds is 4. The summed E-state index contributed by atoms with van der Waals surface area (Å²) < 4.78 is 8.90. The summed E-state index contributed by atoms with van der Waals surface area (Å²) in [5.41, 5.74) is 8.24. The SMILES string of the molecule is CCn1nc(C)c(O)c1-c1nc(-n2cc(C(N)=O)c3cc(C)ncc32)co1. The molecule has 4 heterocycles. The minimum absolute atomic E-state index is 0.0257. The van der Waals surface area contributed by atoms with Crippen molar-refractivity contribution in [3.63, 3.8) is 0 Å². The minimum atomic E-state index is -0.537. The van der Waals surface area contributed by atoms with Crippen LogP contribution in [0.5, 0.6) is 5.75 Å². The van der Waals surface area contributed by atoms with E-state index in [-0.39, 0.29) is 11.6 Å². The lowest BCUT2D eigenvalue weighted by Crippen LogP contribution is -2.10. The van der Waals surface area contributed by atoms with Crippen LogP contribution >= 0.6 is 0 Å². The minimum Gasteiger partial charge on any atom is -0.504 e. The van der Waals surface area contributed by atoms with Crippen molar-refractivity contribution in [1.82, 2.24) is 24.3 Å². The van der Waals surface area contributed by atoms with E-state index in [9.17, 15) is 9.90 Å². The fourth-order valence-corrected chi connectivity index (χ4v) is 3.11. The first-order valence-corrected chi connectivity index (χ1v) is 8.40. The Balaban J connectivity index is 1.89. The number of aromatic hydroxyl groups is 1. The predicted octanol–water partition coefficient (Wildman–Crippen LogP) is 2.32. The van der Waals surface area contributed by atoms with Gasteiger partial charge in [-0.2, -0.15) is 10.1 Å². The first-order chi connectivity index (χ1) is 12.9. The zero-order valence-corrected chi connectivity index (χ0v) is 15.1. The molecule has 0 atom stereocenters. The topological polar surface area (TPSA) is 125 Å². The summed E-state index contributed by atoms with van der Waals surface area (Å²) in [6, 6.07) is 1.80. The molecule has 0 bridgehead atoms. The predicted molar refractivity (Wildman–Crippen MR) is 97.7 cm³/mol. The molecule has 27 heavy (non-hydrogen) atoms. The Kier molecular flexibility index (Phi) is 3.72. The number of hydrogen-bond acceptors (Lipinski definition) is 6. The molecule has 0 aliphatic carbocycles. The van der Waals surface area contributed by atoms with Crippen LogP contribution in [0.15, 0.2) is 29.1 Å². The fourth-order valence-electron chi connectivity index (χ4n) is 3.11. The second-order valence-corrected chi connectivity index (χ2v) is 6.23. The number of amides is 1. The van der Waals surface area contributed by atoms with Crippen LogP contribution in [0.4, 0.5) is 0 Å². The van der Waals surface area contributed by atoms with Crippen LogP contribution in [-0.4, -0.2) is 35.3 Å². The molecule has 0 radical (unpaired) electrons. The number of nitrogens with two attached hydrogens (primary N) is 1. The monoisotopic (exact) mass is 366 g/mol. The van der Waals surface area contributed by atoms with E-state index < -0.39 is 5.91 Å². The number of carbonyl (C=O) groups is 1. The number of fused-ring (bicyclic) bond motifs is 1. The van der Waals surface area contributed by atoms with Crippen LogP contribution in [0.3, 0.4) is 0 Å². The number of primary amides is 1. The number of carbonyl (C=O) groups excluding carboxylic acids is 1. The lowest BCUT2D eigenvalue weighted by Gasteiger charge is -2.01. The van der Waals surface area contributed by atoms with E-state index in [4.69, 9.17) is 10.2 Å². The molecule has 0 saturated carbocycles. The van der Waals surface area contributed by atoms with Gasteiger partial charge in [0.15, 0.2) is 17.3 Å². The summed E-state index contributed by atoms with van der Waals surface area (Å²) in [5, 5.41) is 15.3. The molecule has 0 fully saturated rings. The molecule has 0 saturated heterocycles. The fraction of sp³-hybridized carbons (Fsp3) is 0.222. The molecule has 0 unspecified atom stereocenters. The van der Waals surface area contributed by atoms with Gasteiger partial charge in [0.05, 0.1) is 17.3 Å². The molecule has 9 nitrogen and oxygen atoms in total. The standard InChI is InChI=1S/C18H18N6O3/c1-4-24-15(16(25)10(3)22-24)18-21-14(8-27-18)23-7-12(17(19)26)11-5-9(2)20-6-13(11)23/h5-8,25H,4H2,1-3H3,(H2,19,26). The van der Waals surface area contributed by atoms with Gasteiger partial charge in [-0.15, -0.1) is 0 Å².